The van der Waals surface area contributed by atoms with E-state index in [1.165, 1.54) is 0 Å². The number of rotatable bonds is 4. The fourth-order valence-electron chi connectivity index (χ4n) is 1.70. The van der Waals surface area contributed by atoms with Crippen molar-refractivity contribution in [3.63, 3.8) is 0 Å². The van der Waals surface area contributed by atoms with Crippen LogP contribution < -0.4 is 5.32 Å². The summed E-state index contributed by atoms with van der Waals surface area (Å²) in [7, 11) is 0. The highest BCUT2D eigenvalue weighted by molar-refractivity contribution is 5.89. The van der Waals surface area contributed by atoms with Crippen LogP contribution in [0.25, 0.3) is 0 Å². The number of hydrogen-bond donors (Lipinski definition) is 2. The Morgan fingerprint density at radius 2 is 1.95 bits per heavy atom. The molecule has 0 heterocycles. The van der Waals surface area contributed by atoms with Gasteiger partial charge in [-0.15, -0.1) is 0 Å². The number of carbonyl (C=O) groups is 2. The van der Waals surface area contributed by atoms with E-state index >= 15 is 0 Å². The zero-order chi connectivity index (χ0) is 15.3. The summed E-state index contributed by atoms with van der Waals surface area (Å²) < 4.78 is 5.12. The first kappa shape index (κ1) is 16.0. The Labute approximate surface area is 118 Å². The van der Waals surface area contributed by atoms with Crippen LogP contribution in [-0.4, -0.2) is 22.8 Å². The Bertz CT molecular complexity index is 503. The number of aryl methyl sites for hydroxylation is 1. The molecular weight excluding hydrogens is 258 g/mol. The Morgan fingerprint density at radius 3 is 2.45 bits per heavy atom. The largest absolute Gasteiger partial charge is 0.478 e. The zero-order valence-electron chi connectivity index (χ0n) is 12.3. The van der Waals surface area contributed by atoms with E-state index in [-0.39, 0.29) is 12.1 Å². The summed E-state index contributed by atoms with van der Waals surface area (Å²) in [6, 6.07) is 5.13. The van der Waals surface area contributed by atoms with Crippen LogP contribution in [0.3, 0.4) is 0 Å². The summed E-state index contributed by atoms with van der Waals surface area (Å²) in [6.45, 7) is 7.43. The van der Waals surface area contributed by atoms with Crippen molar-refractivity contribution in [1.29, 1.82) is 0 Å². The van der Waals surface area contributed by atoms with Gasteiger partial charge < -0.3 is 15.2 Å². The van der Waals surface area contributed by atoms with Crippen molar-refractivity contribution in [2.45, 2.75) is 46.3 Å². The Kier molecular flexibility index (Phi) is 5.13. The summed E-state index contributed by atoms with van der Waals surface area (Å²) in [4.78, 5) is 22.7. The van der Waals surface area contributed by atoms with E-state index in [0.29, 0.717) is 5.56 Å². The van der Waals surface area contributed by atoms with E-state index in [2.05, 4.69) is 5.32 Å². The average molecular weight is 279 g/mol. The van der Waals surface area contributed by atoms with E-state index in [0.717, 1.165) is 12.0 Å². The lowest BCUT2D eigenvalue weighted by Crippen LogP contribution is -2.32. The molecule has 1 aromatic carbocycles. The first-order chi connectivity index (χ1) is 9.23. The second-order valence-corrected chi connectivity index (χ2v) is 5.51. The fourth-order valence-corrected chi connectivity index (χ4v) is 1.70. The van der Waals surface area contributed by atoms with Crippen LogP contribution in [0.15, 0.2) is 18.2 Å². The number of carboxylic acids is 1. The Balaban J connectivity index is 2.80. The number of ether oxygens (including phenoxy) is 1. The van der Waals surface area contributed by atoms with Gasteiger partial charge >= 0.3 is 12.1 Å². The number of carboxylic acid groups (broad SMARTS) is 1. The molecule has 1 aromatic rings. The molecule has 5 nitrogen and oxygen atoms in total. The maximum atomic E-state index is 11.6. The van der Waals surface area contributed by atoms with Gasteiger partial charge in [0.2, 0.25) is 0 Å². The summed E-state index contributed by atoms with van der Waals surface area (Å²) in [5.41, 5.74) is 1.21. The number of aromatic carboxylic acids is 1. The molecule has 0 fully saturated rings. The van der Waals surface area contributed by atoms with Crippen LogP contribution >= 0.6 is 0 Å². The van der Waals surface area contributed by atoms with Gasteiger partial charge in [-0.1, -0.05) is 19.1 Å². The monoisotopic (exact) mass is 279 g/mol. The molecule has 0 aliphatic heterocycles. The average Bonchev–Trinajstić information content (AvgIpc) is 2.33. The molecule has 0 unspecified atom stereocenters. The minimum atomic E-state index is -1.01. The van der Waals surface area contributed by atoms with Crippen LogP contribution in [0.1, 0.15) is 49.2 Å². The van der Waals surface area contributed by atoms with Crippen molar-refractivity contribution < 1.29 is 19.4 Å². The fraction of sp³-hybridized carbons (Fsp3) is 0.467. The number of nitrogens with one attached hydrogen (secondary N) is 1. The van der Waals surface area contributed by atoms with Crippen molar-refractivity contribution in [1.82, 2.24) is 5.32 Å². The van der Waals surface area contributed by atoms with E-state index in [4.69, 9.17) is 9.84 Å². The van der Waals surface area contributed by atoms with Crippen LogP contribution in [-0.2, 0) is 17.7 Å². The molecule has 0 saturated heterocycles. The van der Waals surface area contributed by atoms with Gasteiger partial charge in [0.1, 0.15) is 5.60 Å². The Hall–Kier alpha value is -2.04. The van der Waals surface area contributed by atoms with Crippen LogP contribution in [0.2, 0.25) is 0 Å². The number of amides is 1. The molecule has 0 saturated carbocycles. The second-order valence-electron chi connectivity index (χ2n) is 5.51. The van der Waals surface area contributed by atoms with Gasteiger partial charge in [-0.2, -0.15) is 0 Å². The highest BCUT2D eigenvalue weighted by Gasteiger charge is 2.17. The molecule has 1 amide bonds. The van der Waals surface area contributed by atoms with E-state index < -0.39 is 17.7 Å². The van der Waals surface area contributed by atoms with Gasteiger partial charge in [-0.3, -0.25) is 0 Å². The zero-order valence-corrected chi connectivity index (χ0v) is 12.3. The molecule has 5 heteroatoms. The van der Waals surface area contributed by atoms with Gasteiger partial charge in [0.05, 0.1) is 5.56 Å². The van der Waals surface area contributed by atoms with Crippen molar-refractivity contribution in [2.75, 3.05) is 0 Å². The smallest absolute Gasteiger partial charge is 0.407 e. The van der Waals surface area contributed by atoms with Crippen LogP contribution in [0.4, 0.5) is 4.79 Å². The minimum Gasteiger partial charge on any atom is -0.478 e. The Morgan fingerprint density at radius 1 is 1.30 bits per heavy atom. The minimum absolute atomic E-state index is 0.129. The summed E-state index contributed by atoms with van der Waals surface area (Å²) in [6.07, 6.45) is 0.245. The summed E-state index contributed by atoms with van der Waals surface area (Å²) in [5.74, 6) is -1.01. The topological polar surface area (TPSA) is 75.6 Å². The van der Waals surface area contributed by atoms with Crippen molar-refractivity contribution in [3.8, 4) is 0 Å². The van der Waals surface area contributed by atoms with Gasteiger partial charge in [0, 0.05) is 6.54 Å². The highest BCUT2D eigenvalue weighted by Crippen LogP contribution is 2.14. The number of alkyl carbamates (subject to hydrolysis) is 1. The van der Waals surface area contributed by atoms with Crippen molar-refractivity contribution >= 4 is 12.1 Å². The molecule has 0 bridgehead atoms. The molecule has 110 valence electrons. The maximum absolute atomic E-state index is 11.6. The molecule has 0 spiro atoms. The summed E-state index contributed by atoms with van der Waals surface area (Å²) in [5, 5.41) is 11.7. The third-order valence-electron chi connectivity index (χ3n) is 2.63. The van der Waals surface area contributed by atoms with E-state index in [9.17, 15) is 9.59 Å². The molecule has 0 atom stereocenters. The molecule has 2 N–H and O–H groups in total. The van der Waals surface area contributed by atoms with E-state index in [1.54, 1.807) is 39.0 Å². The standard InChI is InChI=1S/C15H21NO4/c1-5-10-6-7-12(13(17)18)11(8-10)9-16-14(19)20-15(2,3)4/h6-8H,5,9H2,1-4H3,(H,16,19)(H,17,18). The molecule has 0 aromatic heterocycles. The molecule has 1 rings (SSSR count). The predicted octanol–water partition coefficient (Wildman–Crippen LogP) is 2.97. The molecule has 0 radical (unpaired) electrons. The molecular formula is C15H21NO4. The van der Waals surface area contributed by atoms with Crippen LogP contribution in [0.5, 0.6) is 0 Å². The van der Waals surface area contributed by atoms with Gasteiger partial charge in [-0.05, 0) is 44.4 Å². The lowest BCUT2D eigenvalue weighted by Gasteiger charge is -2.20. The summed E-state index contributed by atoms with van der Waals surface area (Å²) >= 11 is 0. The lowest BCUT2D eigenvalue weighted by atomic mass is 10.0. The SMILES string of the molecule is CCc1ccc(C(=O)O)c(CNC(=O)OC(C)(C)C)c1. The first-order valence-corrected chi connectivity index (χ1v) is 6.55. The maximum Gasteiger partial charge on any atom is 0.407 e. The van der Waals surface area contributed by atoms with Gasteiger partial charge in [-0.25, -0.2) is 9.59 Å². The van der Waals surface area contributed by atoms with Gasteiger partial charge in [0.25, 0.3) is 0 Å². The molecule has 0 aliphatic rings. The van der Waals surface area contributed by atoms with Gasteiger partial charge in [0.15, 0.2) is 0 Å². The lowest BCUT2D eigenvalue weighted by molar-refractivity contribution is 0.0521. The van der Waals surface area contributed by atoms with Crippen molar-refractivity contribution in [2.24, 2.45) is 0 Å². The first-order valence-electron chi connectivity index (χ1n) is 6.55. The molecule has 0 aliphatic carbocycles. The second kappa shape index (κ2) is 6.41. The third-order valence-corrected chi connectivity index (χ3v) is 2.63. The number of hydrogen-bond acceptors (Lipinski definition) is 3. The van der Waals surface area contributed by atoms with Crippen molar-refractivity contribution in [3.05, 3.63) is 34.9 Å². The normalized spacial score (nSPS) is 11.0. The number of benzene rings is 1. The quantitative estimate of drug-likeness (QED) is 0.888. The number of carbonyl (C=O) groups excluding carboxylic acids is 1. The highest BCUT2D eigenvalue weighted by atomic mass is 16.6. The van der Waals surface area contributed by atoms with Crippen LogP contribution in [0, 0.1) is 0 Å². The predicted molar refractivity (Wildman–Crippen MR) is 75.9 cm³/mol. The van der Waals surface area contributed by atoms with E-state index in [1.807, 2.05) is 6.92 Å². The molecule has 20 heavy (non-hydrogen) atoms. The third kappa shape index (κ3) is 4.91.